The van der Waals surface area contributed by atoms with E-state index in [-0.39, 0.29) is 11.9 Å². The number of imidazole rings is 1. The first-order valence-corrected chi connectivity index (χ1v) is 12.6. The standard InChI is InChI=1S/C27H30N8O/c28-25-24-23(18-6-8-19(9-7-18)27(36)32-22-5-1-2-12-30-22)33-26(35(24)17-15-31-25)21-4-3-16-34(21)20-10-13-29-14-11-20/h1-2,5-9,12,15,17,20-21,29H,3-4,10-11,13-14,16H2,(H2,28,31)(H,30,32,36)/t21-/m0/s1. The number of anilines is 2. The van der Waals surface area contributed by atoms with Crippen molar-refractivity contribution in [3.05, 3.63) is 72.4 Å². The van der Waals surface area contributed by atoms with E-state index in [0.717, 1.165) is 48.7 Å². The van der Waals surface area contributed by atoms with Crippen molar-refractivity contribution >= 4 is 23.1 Å². The van der Waals surface area contributed by atoms with E-state index in [4.69, 9.17) is 10.7 Å². The third-order valence-corrected chi connectivity index (χ3v) is 7.31. The van der Waals surface area contributed by atoms with Crippen molar-refractivity contribution in [2.24, 2.45) is 0 Å². The quantitative estimate of drug-likeness (QED) is 0.399. The average molecular weight is 483 g/mol. The Morgan fingerprint density at radius 2 is 1.86 bits per heavy atom. The van der Waals surface area contributed by atoms with Crippen LogP contribution in [0.15, 0.2) is 61.1 Å². The molecule has 1 amide bonds. The summed E-state index contributed by atoms with van der Waals surface area (Å²) in [5.74, 6) is 1.78. The zero-order chi connectivity index (χ0) is 24.5. The molecule has 2 saturated heterocycles. The fourth-order valence-corrected chi connectivity index (χ4v) is 5.57. The Morgan fingerprint density at radius 3 is 2.64 bits per heavy atom. The summed E-state index contributed by atoms with van der Waals surface area (Å²) in [5, 5.41) is 6.30. The van der Waals surface area contributed by atoms with E-state index in [9.17, 15) is 4.79 Å². The van der Waals surface area contributed by atoms with Crippen LogP contribution in [0.5, 0.6) is 0 Å². The number of nitrogens with one attached hydrogen (secondary N) is 2. The van der Waals surface area contributed by atoms with Gasteiger partial charge in [-0.1, -0.05) is 18.2 Å². The summed E-state index contributed by atoms with van der Waals surface area (Å²) in [5.41, 5.74) is 9.44. The van der Waals surface area contributed by atoms with Gasteiger partial charge in [0, 0.05) is 35.8 Å². The van der Waals surface area contributed by atoms with Crippen molar-refractivity contribution in [3.63, 3.8) is 0 Å². The van der Waals surface area contributed by atoms with E-state index in [1.165, 1.54) is 19.3 Å². The topological polar surface area (TPSA) is 113 Å². The van der Waals surface area contributed by atoms with Crippen LogP contribution in [0.1, 0.15) is 47.9 Å². The number of hydrogen-bond acceptors (Lipinski definition) is 7. The van der Waals surface area contributed by atoms with Crippen molar-refractivity contribution in [2.75, 3.05) is 30.7 Å². The Morgan fingerprint density at radius 1 is 1.03 bits per heavy atom. The predicted molar refractivity (Wildman–Crippen MR) is 140 cm³/mol. The number of nitrogens with zero attached hydrogens (tertiary/aromatic N) is 5. The Labute approximate surface area is 209 Å². The second-order valence-corrected chi connectivity index (χ2v) is 9.47. The zero-order valence-corrected chi connectivity index (χ0v) is 20.1. The third kappa shape index (κ3) is 4.20. The van der Waals surface area contributed by atoms with Crippen LogP contribution in [0.25, 0.3) is 16.8 Å². The lowest BCUT2D eigenvalue weighted by molar-refractivity contribution is 0.102. The van der Waals surface area contributed by atoms with Crippen LogP contribution in [-0.2, 0) is 0 Å². The first-order chi connectivity index (χ1) is 17.7. The molecule has 4 aromatic rings. The summed E-state index contributed by atoms with van der Waals surface area (Å²) in [6.07, 6.45) is 9.93. The zero-order valence-electron chi connectivity index (χ0n) is 20.1. The maximum Gasteiger partial charge on any atom is 0.256 e. The lowest BCUT2D eigenvalue weighted by Gasteiger charge is -2.35. The molecule has 9 nitrogen and oxygen atoms in total. The van der Waals surface area contributed by atoms with Gasteiger partial charge in [0.25, 0.3) is 5.91 Å². The maximum absolute atomic E-state index is 12.7. The third-order valence-electron chi connectivity index (χ3n) is 7.31. The molecule has 2 aliphatic rings. The second kappa shape index (κ2) is 9.67. The molecular weight excluding hydrogens is 452 g/mol. The SMILES string of the molecule is Nc1nccn2c([C@@H]3CCCN3C3CCNCC3)nc(-c3ccc(C(=O)Nc4ccccn4)cc3)c12. The van der Waals surface area contributed by atoms with Crippen molar-refractivity contribution in [2.45, 2.75) is 37.8 Å². The number of fused-ring (bicyclic) bond motifs is 1. The summed E-state index contributed by atoms with van der Waals surface area (Å²) in [7, 11) is 0. The molecule has 0 aliphatic carbocycles. The van der Waals surface area contributed by atoms with Crippen molar-refractivity contribution in [1.82, 2.24) is 29.6 Å². The molecule has 184 valence electrons. The first kappa shape index (κ1) is 22.6. The van der Waals surface area contributed by atoms with Gasteiger partial charge in [-0.3, -0.25) is 14.1 Å². The molecule has 0 unspecified atom stereocenters. The molecule has 2 fully saturated rings. The summed E-state index contributed by atoms with van der Waals surface area (Å²) < 4.78 is 2.11. The van der Waals surface area contributed by atoms with Crippen molar-refractivity contribution in [3.8, 4) is 11.3 Å². The van der Waals surface area contributed by atoms with Crippen LogP contribution in [0.3, 0.4) is 0 Å². The lowest BCUT2D eigenvalue weighted by Crippen LogP contribution is -2.43. The molecule has 0 radical (unpaired) electrons. The highest BCUT2D eigenvalue weighted by Gasteiger charge is 2.35. The fraction of sp³-hybridized carbons (Fsp3) is 0.333. The number of rotatable bonds is 5. The molecule has 6 rings (SSSR count). The van der Waals surface area contributed by atoms with E-state index in [2.05, 4.69) is 29.9 Å². The normalized spacial score (nSPS) is 19.1. The van der Waals surface area contributed by atoms with Crippen molar-refractivity contribution in [1.29, 1.82) is 0 Å². The molecule has 5 heterocycles. The summed E-state index contributed by atoms with van der Waals surface area (Å²) in [6.45, 7) is 3.23. The van der Waals surface area contributed by atoms with Gasteiger partial charge >= 0.3 is 0 Å². The molecule has 3 aromatic heterocycles. The van der Waals surface area contributed by atoms with Crippen LogP contribution >= 0.6 is 0 Å². The smallest absolute Gasteiger partial charge is 0.256 e. The molecule has 0 spiro atoms. The average Bonchev–Trinajstić information content (AvgIpc) is 3.56. The van der Waals surface area contributed by atoms with Crippen molar-refractivity contribution < 1.29 is 4.79 Å². The molecular formula is C27H30N8O. The number of pyridine rings is 1. The molecule has 0 bridgehead atoms. The van der Waals surface area contributed by atoms with Crippen LogP contribution in [0.4, 0.5) is 11.6 Å². The number of nitrogens with two attached hydrogens (primary N) is 1. The minimum atomic E-state index is -0.208. The maximum atomic E-state index is 12.7. The Kier molecular flexibility index (Phi) is 6.08. The number of likely N-dealkylation sites (tertiary alicyclic amines) is 1. The highest BCUT2D eigenvalue weighted by molar-refractivity contribution is 6.04. The van der Waals surface area contributed by atoms with Crippen LogP contribution in [-0.4, -0.2) is 55.8 Å². The van der Waals surface area contributed by atoms with Crippen LogP contribution in [0, 0.1) is 0 Å². The van der Waals surface area contributed by atoms with E-state index in [1.807, 2.05) is 42.6 Å². The van der Waals surface area contributed by atoms with Gasteiger partial charge in [0.15, 0.2) is 0 Å². The molecule has 1 aromatic carbocycles. The van der Waals surface area contributed by atoms with Crippen LogP contribution < -0.4 is 16.4 Å². The minimum absolute atomic E-state index is 0.208. The molecule has 9 heteroatoms. The second-order valence-electron chi connectivity index (χ2n) is 9.47. The molecule has 0 saturated carbocycles. The van der Waals surface area contributed by atoms with Gasteiger partial charge in [-0.15, -0.1) is 0 Å². The van der Waals surface area contributed by atoms with E-state index in [1.54, 1.807) is 18.5 Å². The number of nitrogen functional groups attached to an aromatic ring is 1. The monoisotopic (exact) mass is 482 g/mol. The highest BCUT2D eigenvalue weighted by atomic mass is 16.1. The number of carbonyl (C=O) groups excluding carboxylic acids is 1. The van der Waals surface area contributed by atoms with Gasteiger partial charge in [-0.25, -0.2) is 15.0 Å². The number of benzene rings is 1. The van der Waals surface area contributed by atoms with Gasteiger partial charge in [0.1, 0.15) is 28.7 Å². The van der Waals surface area contributed by atoms with Gasteiger partial charge in [0.05, 0.1) is 6.04 Å². The van der Waals surface area contributed by atoms with Crippen LogP contribution in [0.2, 0.25) is 0 Å². The largest absolute Gasteiger partial charge is 0.382 e. The molecule has 1 atom stereocenters. The van der Waals surface area contributed by atoms with Gasteiger partial charge in [-0.2, -0.15) is 0 Å². The summed E-state index contributed by atoms with van der Waals surface area (Å²) >= 11 is 0. The van der Waals surface area contributed by atoms with E-state index >= 15 is 0 Å². The predicted octanol–water partition coefficient (Wildman–Crippen LogP) is 3.51. The number of aromatic nitrogens is 4. The lowest BCUT2D eigenvalue weighted by atomic mass is 10.0. The Balaban J connectivity index is 1.33. The molecule has 4 N–H and O–H groups in total. The molecule has 36 heavy (non-hydrogen) atoms. The Hall–Kier alpha value is -3.82. The number of carbonyl (C=O) groups is 1. The van der Waals surface area contributed by atoms with Gasteiger partial charge < -0.3 is 16.4 Å². The Bertz CT molecular complexity index is 1360. The molecule has 2 aliphatic heterocycles. The first-order valence-electron chi connectivity index (χ1n) is 12.6. The van der Waals surface area contributed by atoms with Gasteiger partial charge in [-0.05, 0) is 69.6 Å². The van der Waals surface area contributed by atoms with E-state index < -0.39 is 0 Å². The summed E-state index contributed by atoms with van der Waals surface area (Å²) in [4.78, 5) is 29.0. The van der Waals surface area contributed by atoms with E-state index in [0.29, 0.717) is 23.2 Å². The number of amides is 1. The highest BCUT2D eigenvalue weighted by Crippen LogP contribution is 2.38. The number of piperidine rings is 1. The summed E-state index contributed by atoms with van der Waals surface area (Å²) in [6, 6.07) is 13.7. The van der Waals surface area contributed by atoms with Gasteiger partial charge in [0.2, 0.25) is 0 Å². The fourth-order valence-electron chi connectivity index (χ4n) is 5.57. The number of hydrogen-bond donors (Lipinski definition) is 3. The minimum Gasteiger partial charge on any atom is -0.382 e.